The van der Waals surface area contributed by atoms with Gasteiger partial charge in [0.1, 0.15) is 12.0 Å². The molecule has 0 amide bonds. The third-order valence-electron chi connectivity index (χ3n) is 2.22. The fourth-order valence-corrected chi connectivity index (χ4v) is 1.47. The van der Waals surface area contributed by atoms with Gasteiger partial charge in [0, 0.05) is 6.07 Å². The molecule has 0 aliphatic heterocycles. The first-order valence-electron chi connectivity index (χ1n) is 4.86. The maximum atomic E-state index is 11.6. The lowest BCUT2D eigenvalue weighted by Gasteiger charge is -2.00. The van der Waals surface area contributed by atoms with E-state index in [0.717, 1.165) is 6.07 Å². The molecule has 5 nitrogen and oxygen atoms in total. The van der Waals surface area contributed by atoms with Gasteiger partial charge in [0.15, 0.2) is 11.2 Å². The number of carboxylic acids is 1. The highest BCUT2D eigenvalue weighted by Gasteiger charge is 2.15. The summed E-state index contributed by atoms with van der Waals surface area (Å²) in [5, 5.41) is 8.85. The summed E-state index contributed by atoms with van der Waals surface area (Å²) in [6, 6.07) is 7.49. The number of carboxylic acid groups (broad SMARTS) is 1. The molecule has 0 saturated carbocycles. The summed E-state index contributed by atoms with van der Waals surface area (Å²) in [7, 11) is 0. The van der Waals surface area contributed by atoms with E-state index in [4.69, 9.17) is 9.52 Å². The molecule has 0 aliphatic carbocycles. The molecule has 0 aliphatic rings. The van der Waals surface area contributed by atoms with E-state index in [2.05, 4.69) is 0 Å². The van der Waals surface area contributed by atoms with Crippen molar-refractivity contribution in [3.63, 3.8) is 0 Å². The third kappa shape index (κ3) is 2.23. The Kier molecular flexibility index (Phi) is 2.74. The van der Waals surface area contributed by atoms with E-state index in [1.54, 1.807) is 24.3 Å². The Balaban J connectivity index is 2.54. The first-order chi connectivity index (χ1) is 8.08. The SMILES string of the molecule is O=C(O)CC(=O)c1cc(=O)c2ccccc2o1. The van der Waals surface area contributed by atoms with Gasteiger partial charge in [-0.2, -0.15) is 0 Å². The van der Waals surface area contributed by atoms with Crippen LogP contribution < -0.4 is 5.43 Å². The second-order valence-electron chi connectivity index (χ2n) is 3.46. The lowest BCUT2D eigenvalue weighted by atomic mass is 10.1. The molecule has 86 valence electrons. The van der Waals surface area contributed by atoms with Crippen LogP contribution in [-0.2, 0) is 4.79 Å². The number of carbonyl (C=O) groups is 2. The number of ketones is 1. The number of aliphatic carboxylic acids is 1. The Labute approximate surface area is 95.3 Å². The molecule has 1 N–H and O–H groups in total. The Hall–Kier alpha value is -2.43. The lowest BCUT2D eigenvalue weighted by molar-refractivity contribution is -0.135. The van der Waals surface area contributed by atoms with Gasteiger partial charge in [-0.1, -0.05) is 12.1 Å². The molecule has 0 fully saturated rings. The molecule has 17 heavy (non-hydrogen) atoms. The predicted octanol–water partition coefficient (Wildman–Crippen LogP) is 1.45. The Morgan fingerprint density at radius 2 is 1.94 bits per heavy atom. The summed E-state index contributed by atoms with van der Waals surface area (Å²) in [6.07, 6.45) is -0.693. The van der Waals surface area contributed by atoms with Gasteiger partial charge in [-0.3, -0.25) is 14.4 Å². The second kappa shape index (κ2) is 4.21. The highest BCUT2D eigenvalue weighted by atomic mass is 16.4. The van der Waals surface area contributed by atoms with E-state index in [0.29, 0.717) is 5.39 Å². The third-order valence-corrected chi connectivity index (χ3v) is 2.22. The number of carbonyl (C=O) groups excluding carboxylic acids is 1. The highest BCUT2D eigenvalue weighted by molar-refractivity contribution is 6.04. The number of para-hydroxylation sites is 1. The molecule has 0 radical (unpaired) electrons. The van der Waals surface area contributed by atoms with Crippen molar-refractivity contribution in [3.05, 3.63) is 46.3 Å². The Morgan fingerprint density at radius 3 is 2.65 bits per heavy atom. The first kappa shape index (κ1) is 11.1. The van der Waals surface area contributed by atoms with Crippen LogP contribution in [0.2, 0.25) is 0 Å². The molecule has 5 heteroatoms. The number of hydrogen-bond acceptors (Lipinski definition) is 4. The van der Waals surface area contributed by atoms with Gasteiger partial charge in [0.05, 0.1) is 5.39 Å². The van der Waals surface area contributed by atoms with Crippen molar-refractivity contribution in [1.29, 1.82) is 0 Å². The maximum Gasteiger partial charge on any atom is 0.311 e. The molecule has 1 heterocycles. The van der Waals surface area contributed by atoms with Crippen LogP contribution in [-0.4, -0.2) is 16.9 Å². The van der Waals surface area contributed by atoms with Crippen LogP contribution in [0.3, 0.4) is 0 Å². The van der Waals surface area contributed by atoms with E-state index in [-0.39, 0.29) is 16.8 Å². The number of rotatable bonds is 3. The summed E-state index contributed by atoms with van der Waals surface area (Å²) in [4.78, 5) is 33.5. The van der Waals surface area contributed by atoms with Gasteiger partial charge >= 0.3 is 5.97 Å². The van der Waals surface area contributed by atoms with Crippen molar-refractivity contribution in [1.82, 2.24) is 0 Å². The van der Waals surface area contributed by atoms with E-state index >= 15 is 0 Å². The Morgan fingerprint density at radius 1 is 1.24 bits per heavy atom. The van der Waals surface area contributed by atoms with Crippen molar-refractivity contribution in [2.24, 2.45) is 0 Å². The van der Waals surface area contributed by atoms with Crippen LogP contribution in [0.15, 0.2) is 39.5 Å². The summed E-state index contributed by atoms with van der Waals surface area (Å²) in [5.41, 5.74) is -0.0886. The monoisotopic (exact) mass is 232 g/mol. The molecule has 2 rings (SSSR count). The molecule has 0 spiro atoms. The molecule has 0 unspecified atom stereocenters. The number of Topliss-reactive ketones (excluding diaryl/α,β-unsaturated/α-hetero) is 1. The summed E-state index contributed by atoms with van der Waals surface area (Å²) >= 11 is 0. The molecular formula is C12H8O5. The smallest absolute Gasteiger partial charge is 0.311 e. The minimum atomic E-state index is -1.26. The van der Waals surface area contributed by atoms with Gasteiger partial charge in [-0.25, -0.2) is 0 Å². The van der Waals surface area contributed by atoms with Crippen molar-refractivity contribution in [3.8, 4) is 0 Å². The van der Waals surface area contributed by atoms with Crippen molar-refractivity contribution in [2.75, 3.05) is 0 Å². The zero-order valence-corrected chi connectivity index (χ0v) is 8.67. The average Bonchev–Trinajstić information content (AvgIpc) is 2.28. The summed E-state index contributed by atoms with van der Waals surface area (Å²) in [6.45, 7) is 0. The zero-order valence-electron chi connectivity index (χ0n) is 8.67. The topological polar surface area (TPSA) is 84.6 Å². The van der Waals surface area contributed by atoms with Gasteiger partial charge in [-0.15, -0.1) is 0 Å². The fourth-order valence-electron chi connectivity index (χ4n) is 1.47. The van der Waals surface area contributed by atoms with E-state index in [1.165, 1.54) is 0 Å². The minimum absolute atomic E-state index is 0.226. The van der Waals surface area contributed by atoms with Crippen LogP contribution in [0.25, 0.3) is 11.0 Å². The number of benzene rings is 1. The van der Waals surface area contributed by atoms with Crippen molar-refractivity contribution in [2.45, 2.75) is 6.42 Å². The summed E-state index contributed by atoms with van der Waals surface area (Å²) in [5.74, 6) is -2.21. The number of fused-ring (bicyclic) bond motifs is 1. The quantitative estimate of drug-likeness (QED) is 0.639. The molecule has 1 aromatic carbocycles. The standard InChI is InChI=1S/C12H8O5/c13-8-5-11(9(14)6-12(15)16)17-10-4-2-1-3-7(8)10/h1-5H,6H2,(H,15,16). The molecule has 1 aromatic heterocycles. The average molecular weight is 232 g/mol. The largest absolute Gasteiger partial charge is 0.481 e. The van der Waals surface area contributed by atoms with Crippen LogP contribution in [0, 0.1) is 0 Å². The lowest BCUT2D eigenvalue weighted by Crippen LogP contribution is -2.10. The normalized spacial score (nSPS) is 10.4. The van der Waals surface area contributed by atoms with Gasteiger partial charge < -0.3 is 9.52 Å². The van der Waals surface area contributed by atoms with Gasteiger partial charge in [-0.05, 0) is 12.1 Å². The molecule has 2 aromatic rings. The Bertz CT molecular complexity index is 653. The van der Waals surface area contributed by atoms with Gasteiger partial charge in [0.2, 0.25) is 5.78 Å². The van der Waals surface area contributed by atoms with Gasteiger partial charge in [0.25, 0.3) is 0 Å². The van der Waals surface area contributed by atoms with E-state index in [9.17, 15) is 14.4 Å². The predicted molar refractivity (Wildman–Crippen MR) is 59.1 cm³/mol. The van der Waals surface area contributed by atoms with Crippen LogP contribution in [0.1, 0.15) is 17.0 Å². The summed E-state index contributed by atoms with van der Waals surface area (Å²) < 4.78 is 5.19. The van der Waals surface area contributed by atoms with Crippen LogP contribution >= 0.6 is 0 Å². The highest BCUT2D eigenvalue weighted by Crippen LogP contribution is 2.12. The zero-order chi connectivity index (χ0) is 12.4. The first-order valence-corrected chi connectivity index (χ1v) is 4.86. The number of hydrogen-bond donors (Lipinski definition) is 1. The van der Waals surface area contributed by atoms with Crippen molar-refractivity contribution < 1.29 is 19.1 Å². The second-order valence-corrected chi connectivity index (χ2v) is 3.46. The molecule has 0 atom stereocenters. The van der Waals surface area contributed by atoms with E-state index < -0.39 is 18.2 Å². The molecule has 0 bridgehead atoms. The van der Waals surface area contributed by atoms with Crippen LogP contribution in [0.4, 0.5) is 0 Å². The molecule has 0 saturated heterocycles. The minimum Gasteiger partial charge on any atom is -0.481 e. The fraction of sp³-hybridized carbons (Fsp3) is 0.0833. The van der Waals surface area contributed by atoms with Crippen LogP contribution in [0.5, 0.6) is 0 Å². The van der Waals surface area contributed by atoms with E-state index in [1.807, 2.05) is 0 Å². The maximum absolute atomic E-state index is 11.6. The molecular weight excluding hydrogens is 224 g/mol. The van der Waals surface area contributed by atoms with Crippen molar-refractivity contribution >= 4 is 22.7 Å².